The van der Waals surface area contributed by atoms with Crippen LogP contribution in [0.1, 0.15) is 12.5 Å². The molecule has 0 spiro atoms. The number of benzene rings is 3. The van der Waals surface area contributed by atoms with Gasteiger partial charge in [-0.3, -0.25) is 0 Å². The molecule has 0 fully saturated rings. The first-order valence-electron chi connectivity index (χ1n) is 8.32. The molecule has 0 saturated carbocycles. The predicted molar refractivity (Wildman–Crippen MR) is 93.6 cm³/mol. The molecule has 1 unspecified atom stereocenters. The van der Waals surface area contributed by atoms with Gasteiger partial charge in [0.1, 0.15) is 0 Å². The van der Waals surface area contributed by atoms with E-state index in [1.165, 1.54) is 32.0 Å². The Morgan fingerprint density at radius 1 is 1.04 bits per heavy atom. The molecule has 3 heteroatoms. The second-order valence-corrected chi connectivity index (χ2v) is 6.29. The highest BCUT2D eigenvalue weighted by Gasteiger charge is 2.21. The minimum atomic E-state index is 0.317. The van der Waals surface area contributed by atoms with Crippen LogP contribution in [0.25, 0.3) is 21.5 Å². The van der Waals surface area contributed by atoms with Crippen molar-refractivity contribution in [3.8, 4) is 11.5 Å². The number of fused-ring (bicyclic) bond motifs is 5. The smallest absolute Gasteiger partial charge is 0.231 e. The molecule has 0 saturated heterocycles. The summed E-state index contributed by atoms with van der Waals surface area (Å²) in [5.74, 6) is 1.79. The van der Waals surface area contributed by atoms with Crippen molar-refractivity contribution in [3.05, 3.63) is 48.0 Å². The average molecular weight is 308 g/mol. The van der Waals surface area contributed by atoms with Crippen molar-refractivity contribution in [1.82, 2.24) is 0 Å². The van der Waals surface area contributed by atoms with Crippen molar-refractivity contribution >= 4 is 21.5 Å². The average Bonchev–Trinajstić information content (AvgIpc) is 3.07. The summed E-state index contributed by atoms with van der Waals surface area (Å²) in [4.78, 5) is 1.54. The maximum atomic E-state index is 5.79. The lowest BCUT2D eigenvalue weighted by atomic mass is 9.95. The lowest BCUT2D eigenvalue weighted by molar-refractivity contribution is -0.877. The standard InChI is InChI=1S/C20H21NO2/c1-3-21(2)11-10-15-12-18-20(23-13-22-18)19-16-7-5-4-6-14(16)8-9-17(15)19/h4-9,12H,3,10-11,13H2,1-2H3/p+1. The summed E-state index contributed by atoms with van der Waals surface area (Å²) < 4.78 is 11.5. The van der Waals surface area contributed by atoms with E-state index in [0.717, 1.165) is 31.0 Å². The van der Waals surface area contributed by atoms with E-state index in [-0.39, 0.29) is 0 Å². The van der Waals surface area contributed by atoms with Crippen molar-refractivity contribution in [1.29, 1.82) is 0 Å². The molecule has 1 aliphatic rings. The van der Waals surface area contributed by atoms with Gasteiger partial charge >= 0.3 is 0 Å². The van der Waals surface area contributed by atoms with Gasteiger partial charge in [-0.25, -0.2) is 0 Å². The fourth-order valence-electron chi connectivity index (χ4n) is 3.34. The van der Waals surface area contributed by atoms with Crippen molar-refractivity contribution in [2.75, 3.05) is 26.9 Å². The zero-order valence-corrected chi connectivity index (χ0v) is 13.7. The Kier molecular flexibility index (Phi) is 3.58. The summed E-state index contributed by atoms with van der Waals surface area (Å²) in [5, 5.41) is 4.97. The second kappa shape index (κ2) is 5.74. The third-order valence-corrected chi connectivity index (χ3v) is 4.87. The molecule has 1 heterocycles. The van der Waals surface area contributed by atoms with Crippen LogP contribution in [-0.2, 0) is 6.42 Å². The van der Waals surface area contributed by atoms with Crippen LogP contribution in [0.15, 0.2) is 42.5 Å². The van der Waals surface area contributed by atoms with E-state index in [4.69, 9.17) is 9.47 Å². The zero-order valence-electron chi connectivity index (χ0n) is 13.7. The molecule has 0 aromatic heterocycles. The van der Waals surface area contributed by atoms with Gasteiger partial charge in [-0.2, -0.15) is 0 Å². The Morgan fingerprint density at radius 2 is 1.91 bits per heavy atom. The molecule has 0 radical (unpaired) electrons. The molecular formula is C20H22NO2+. The minimum absolute atomic E-state index is 0.317. The van der Waals surface area contributed by atoms with Crippen LogP contribution in [0.4, 0.5) is 0 Å². The summed E-state index contributed by atoms with van der Waals surface area (Å²) >= 11 is 0. The van der Waals surface area contributed by atoms with Gasteiger partial charge in [0, 0.05) is 11.8 Å². The summed E-state index contributed by atoms with van der Waals surface area (Å²) in [6.07, 6.45) is 1.05. The van der Waals surface area contributed by atoms with Gasteiger partial charge in [0.15, 0.2) is 11.5 Å². The van der Waals surface area contributed by atoms with E-state index >= 15 is 0 Å². The van der Waals surface area contributed by atoms with E-state index < -0.39 is 0 Å². The lowest BCUT2D eigenvalue weighted by Gasteiger charge is -2.14. The first kappa shape index (κ1) is 14.3. The number of nitrogens with one attached hydrogen (secondary N) is 1. The largest absolute Gasteiger partial charge is 0.454 e. The molecule has 1 atom stereocenters. The molecule has 1 aliphatic heterocycles. The van der Waals surface area contributed by atoms with Crippen molar-refractivity contribution in [2.24, 2.45) is 0 Å². The molecule has 118 valence electrons. The molecule has 3 nitrogen and oxygen atoms in total. The van der Waals surface area contributed by atoms with Crippen LogP contribution in [0.2, 0.25) is 0 Å². The van der Waals surface area contributed by atoms with E-state index in [1.54, 1.807) is 0 Å². The Balaban J connectivity index is 1.94. The van der Waals surface area contributed by atoms with E-state index in [1.807, 2.05) is 0 Å². The highest BCUT2D eigenvalue weighted by atomic mass is 16.7. The molecule has 3 aromatic rings. The van der Waals surface area contributed by atoms with Gasteiger partial charge in [-0.15, -0.1) is 0 Å². The number of likely N-dealkylation sites (N-methyl/N-ethyl adjacent to an activating group) is 1. The Hall–Kier alpha value is -2.26. The molecule has 0 bridgehead atoms. The Bertz CT molecular complexity index is 872. The van der Waals surface area contributed by atoms with Crippen LogP contribution >= 0.6 is 0 Å². The highest BCUT2D eigenvalue weighted by molar-refractivity contribution is 6.12. The summed E-state index contributed by atoms with van der Waals surface area (Å²) in [7, 11) is 2.24. The van der Waals surface area contributed by atoms with E-state index in [9.17, 15) is 0 Å². The molecule has 1 N–H and O–H groups in total. The zero-order chi connectivity index (χ0) is 15.8. The van der Waals surface area contributed by atoms with E-state index in [2.05, 4.69) is 56.4 Å². The first-order valence-corrected chi connectivity index (χ1v) is 8.32. The number of rotatable bonds is 4. The molecular weight excluding hydrogens is 286 g/mol. The molecule has 3 aromatic carbocycles. The molecule has 0 amide bonds. The third-order valence-electron chi connectivity index (χ3n) is 4.87. The minimum Gasteiger partial charge on any atom is -0.454 e. The van der Waals surface area contributed by atoms with Gasteiger partial charge in [0.05, 0.1) is 20.1 Å². The lowest BCUT2D eigenvalue weighted by Crippen LogP contribution is -3.08. The number of quaternary nitrogens is 1. The Labute approximate surface area is 136 Å². The summed E-state index contributed by atoms with van der Waals surface area (Å²) in [6, 6.07) is 15.1. The fraction of sp³-hybridized carbons (Fsp3) is 0.300. The van der Waals surface area contributed by atoms with Crippen LogP contribution in [0.3, 0.4) is 0 Å². The molecule has 23 heavy (non-hydrogen) atoms. The van der Waals surface area contributed by atoms with Crippen molar-refractivity contribution in [2.45, 2.75) is 13.3 Å². The summed E-state index contributed by atoms with van der Waals surface area (Å²) in [6.45, 7) is 4.81. The quantitative estimate of drug-likeness (QED) is 0.749. The van der Waals surface area contributed by atoms with Gasteiger partial charge in [-0.05, 0) is 34.7 Å². The van der Waals surface area contributed by atoms with Crippen LogP contribution in [0, 0.1) is 0 Å². The maximum absolute atomic E-state index is 5.79. The maximum Gasteiger partial charge on any atom is 0.231 e. The normalized spacial score (nSPS) is 14.5. The SMILES string of the molecule is CC[NH+](C)CCc1cc2c(c3c1ccc1ccccc13)OCO2. The van der Waals surface area contributed by atoms with Gasteiger partial charge in [0.25, 0.3) is 0 Å². The number of ether oxygens (including phenoxy) is 2. The van der Waals surface area contributed by atoms with Crippen molar-refractivity contribution < 1.29 is 14.4 Å². The van der Waals surface area contributed by atoms with Gasteiger partial charge < -0.3 is 14.4 Å². The fourth-order valence-corrected chi connectivity index (χ4v) is 3.34. The molecule has 0 aliphatic carbocycles. The third kappa shape index (κ3) is 2.41. The topological polar surface area (TPSA) is 22.9 Å². The monoisotopic (exact) mass is 308 g/mol. The highest BCUT2D eigenvalue weighted by Crippen LogP contribution is 2.44. The van der Waals surface area contributed by atoms with Gasteiger partial charge in [-0.1, -0.05) is 36.4 Å². The van der Waals surface area contributed by atoms with Crippen LogP contribution in [0.5, 0.6) is 11.5 Å². The second-order valence-electron chi connectivity index (χ2n) is 6.29. The predicted octanol–water partition coefficient (Wildman–Crippen LogP) is 2.80. The van der Waals surface area contributed by atoms with E-state index in [0.29, 0.717) is 6.79 Å². The van der Waals surface area contributed by atoms with Crippen LogP contribution < -0.4 is 14.4 Å². The Morgan fingerprint density at radius 3 is 2.78 bits per heavy atom. The van der Waals surface area contributed by atoms with Gasteiger partial charge in [0.2, 0.25) is 6.79 Å². The first-order chi connectivity index (χ1) is 11.3. The number of hydrogen-bond acceptors (Lipinski definition) is 2. The molecule has 4 rings (SSSR count). The summed E-state index contributed by atoms with van der Waals surface area (Å²) in [5.41, 5.74) is 1.35. The van der Waals surface area contributed by atoms with Crippen molar-refractivity contribution in [3.63, 3.8) is 0 Å². The van der Waals surface area contributed by atoms with Crippen LogP contribution in [-0.4, -0.2) is 26.9 Å². The number of hydrogen-bond donors (Lipinski definition) is 1.